The van der Waals surface area contributed by atoms with Gasteiger partial charge in [-0.25, -0.2) is 4.98 Å². The van der Waals surface area contributed by atoms with Gasteiger partial charge in [-0.1, -0.05) is 15.9 Å². The van der Waals surface area contributed by atoms with Crippen LogP contribution in [0.4, 0.5) is 0 Å². The number of hydrogen-bond acceptors (Lipinski definition) is 3. The normalized spacial score (nSPS) is 11.7. The molecule has 0 fully saturated rings. The molecule has 0 aliphatic heterocycles. The number of aromatic nitrogens is 2. The Labute approximate surface area is 130 Å². The zero-order valence-corrected chi connectivity index (χ0v) is 13.0. The zero-order chi connectivity index (χ0) is 15.2. The van der Waals surface area contributed by atoms with Crippen molar-refractivity contribution in [2.24, 2.45) is 0 Å². The number of H-pyrrole nitrogens is 1. The fourth-order valence-electron chi connectivity index (χ4n) is 1.74. The maximum absolute atomic E-state index is 11.8. The van der Waals surface area contributed by atoms with Gasteiger partial charge < -0.3 is 15.6 Å². The lowest BCUT2D eigenvalue weighted by molar-refractivity contribution is -0.120. The van der Waals surface area contributed by atoms with Crippen LogP contribution in [0.2, 0.25) is 0 Å². The second-order valence-corrected chi connectivity index (χ2v) is 5.37. The van der Waals surface area contributed by atoms with Crippen molar-refractivity contribution in [3.05, 3.63) is 52.5 Å². The molecule has 110 valence electrons. The Morgan fingerprint density at radius 2 is 2.05 bits per heavy atom. The van der Waals surface area contributed by atoms with Crippen molar-refractivity contribution in [3.8, 4) is 0 Å². The number of nitrogens with one attached hydrogen (secondary N) is 3. The average molecular weight is 351 g/mol. The third-order valence-electron chi connectivity index (χ3n) is 2.82. The predicted octanol–water partition coefficient (Wildman–Crippen LogP) is 1.78. The molecular weight excluding hydrogens is 336 g/mol. The van der Waals surface area contributed by atoms with Crippen LogP contribution in [-0.4, -0.2) is 28.3 Å². The van der Waals surface area contributed by atoms with Gasteiger partial charge in [0.1, 0.15) is 5.82 Å². The van der Waals surface area contributed by atoms with E-state index in [0.29, 0.717) is 11.4 Å². The van der Waals surface area contributed by atoms with Crippen LogP contribution in [0, 0.1) is 0 Å². The lowest BCUT2D eigenvalue weighted by atomic mass is 10.2. The third-order valence-corrected chi connectivity index (χ3v) is 3.35. The van der Waals surface area contributed by atoms with E-state index in [1.165, 1.54) is 0 Å². The number of carbonyl (C=O) groups is 2. The first-order chi connectivity index (χ1) is 10.1. The van der Waals surface area contributed by atoms with Crippen LogP contribution in [0.3, 0.4) is 0 Å². The van der Waals surface area contributed by atoms with Gasteiger partial charge in [-0.15, -0.1) is 0 Å². The number of amides is 2. The van der Waals surface area contributed by atoms with E-state index in [4.69, 9.17) is 0 Å². The number of benzene rings is 1. The quantitative estimate of drug-likeness (QED) is 0.768. The number of imidazole rings is 1. The molecule has 0 radical (unpaired) electrons. The van der Waals surface area contributed by atoms with Crippen molar-refractivity contribution in [1.82, 2.24) is 20.6 Å². The van der Waals surface area contributed by atoms with Crippen LogP contribution in [0.25, 0.3) is 0 Å². The summed E-state index contributed by atoms with van der Waals surface area (Å²) in [5.41, 5.74) is 0.505. The molecular formula is C14H15BrN4O2. The van der Waals surface area contributed by atoms with Crippen LogP contribution >= 0.6 is 15.9 Å². The molecule has 1 aromatic carbocycles. The SMILES string of the molecule is CC(NC(=O)CNC(=O)c1ccc(Br)cc1)c1ncc[nH]1. The number of carbonyl (C=O) groups excluding carboxylic acids is 2. The maximum Gasteiger partial charge on any atom is 0.251 e. The number of rotatable bonds is 5. The standard InChI is InChI=1S/C14H15BrN4O2/c1-9(13-16-6-7-17-13)19-12(20)8-18-14(21)10-2-4-11(15)5-3-10/h2-7,9H,8H2,1H3,(H,16,17)(H,18,21)(H,19,20). The molecule has 0 bridgehead atoms. The van der Waals surface area contributed by atoms with Crippen molar-refractivity contribution in [2.45, 2.75) is 13.0 Å². The highest BCUT2D eigenvalue weighted by Gasteiger charge is 2.12. The summed E-state index contributed by atoms with van der Waals surface area (Å²) >= 11 is 3.30. The summed E-state index contributed by atoms with van der Waals surface area (Å²) in [5, 5.41) is 5.32. The van der Waals surface area contributed by atoms with E-state index in [-0.39, 0.29) is 24.4 Å². The van der Waals surface area contributed by atoms with Crippen LogP contribution in [-0.2, 0) is 4.79 Å². The Kier molecular flexibility index (Phi) is 5.10. The van der Waals surface area contributed by atoms with Gasteiger partial charge in [0, 0.05) is 22.4 Å². The zero-order valence-electron chi connectivity index (χ0n) is 11.4. The summed E-state index contributed by atoms with van der Waals surface area (Å²) in [6.07, 6.45) is 3.31. The monoisotopic (exact) mass is 350 g/mol. The number of aromatic amines is 1. The molecule has 7 heteroatoms. The highest BCUT2D eigenvalue weighted by molar-refractivity contribution is 9.10. The molecule has 0 aliphatic rings. The summed E-state index contributed by atoms with van der Waals surface area (Å²) in [6, 6.07) is 6.67. The molecule has 2 rings (SSSR count). The molecule has 1 unspecified atom stereocenters. The van der Waals surface area contributed by atoms with Gasteiger partial charge >= 0.3 is 0 Å². The van der Waals surface area contributed by atoms with Crippen LogP contribution in [0.5, 0.6) is 0 Å². The molecule has 2 aromatic rings. The average Bonchev–Trinajstić information content (AvgIpc) is 3.00. The highest BCUT2D eigenvalue weighted by atomic mass is 79.9. The van der Waals surface area contributed by atoms with E-state index in [1.807, 2.05) is 6.92 Å². The molecule has 0 saturated carbocycles. The van der Waals surface area contributed by atoms with E-state index < -0.39 is 0 Å². The minimum Gasteiger partial charge on any atom is -0.347 e. The molecule has 3 N–H and O–H groups in total. The van der Waals surface area contributed by atoms with Gasteiger partial charge in [0.15, 0.2) is 0 Å². The molecule has 0 spiro atoms. The Balaban J connectivity index is 1.81. The minimum atomic E-state index is -0.289. The summed E-state index contributed by atoms with van der Waals surface area (Å²) in [5.74, 6) is 0.107. The molecule has 1 aromatic heterocycles. The molecule has 1 atom stereocenters. The lowest BCUT2D eigenvalue weighted by Crippen LogP contribution is -2.38. The number of hydrogen-bond donors (Lipinski definition) is 3. The van der Waals surface area contributed by atoms with E-state index in [1.54, 1.807) is 36.7 Å². The van der Waals surface area contributed by atoms with E-state index in [0.717, 1.165) is 4.47 Å². The largest absolute Gasteiger partial charge is 0.347 e. The lowest BCUT2D eigenvalue weighted by Gasteiger charge is -2.12. The first-order valence-corrected chi connectivity index (χ1v) is 7.18. The van der Waals surface area contributed by atoms with Crippen molar-refractivity contribution in [2.75, 3.05) is 6.54 Å². The van der Waals surface area contributed by atoms with Gasteiger partial charge in [-0.05, 0) is 31.2 Å². The van der Waals surface area contributed by atoms with Crippen LogP contribution < -0.4 is 10.6 Å². The van der Waals surface area contributed by atoms with Gasteiger partial charge in [-0.3, -0.25) is 9.59 Å². The summed E-state index contributed by atoms with van der Waals surface area (Å²) in [6.45, 7) is 1.73. The first-order valence-electron chi connectivity index (χ1n) is 6.38. The fraction of sp³-hybridized carbons (Fsp3) is 0.214. The Hall–Kier alpha value is -2.15. The molecule has 0 aliphatic carbocycles. The smallest absolute Gasteiger partial charge is 0.251 e. The Morgan fingerprint density at radius 3 is 2.67 bits per heavy atom. The molecule has 6 nitrogen and oxygen atoms in total. The summed E-state index contributed by atoms with van der Waals surface area (Å²) < 4.78 is 0.893. The van der Waals surface area contributed by atoms with Gasteiger partial charge in [-0.2, -0.15) is 0 Å². The molecule has 2 amide bonds. The van der Waals surface area contributed by atoms with Crippen molar-refractivity contribution in [3.63, 3.8) is 0 Å². The summed E-state index contributed by atoms with van der Waals surface area (Å²) in [4.78, 5) is 30.6. The summed E-state index contributed by atoms with van der Waals surface area (Å²) in [7, 11) is 0. The fourth-order valence-corrected chi connectivity index (χ4v) is 2.00. The van der Waals surface area contributed by atoms with E-state index >= 15 is 0 Å². The van der Waals surface area contributed by atoms with Crippen LogP contribution in [0.15, 0.2) is 41.1 Å². The van der Waals surface area contributed by atoms with Gasteiger partial charge in [0.05, 0.1) is 12.6 Å². The third kappa shape index (κ3) is 4.42. The van der Waals surface area contributed by atoms with Gasteiger partial charge in [0.2, 0.25) is 5.91 Å². The van der Waals surface area contributed by atoms with Crippen molar-refractivity contribution >= 4 is 27.7 Å². The van der Waals surface area contributed by atoms with E-state index in [2.05, 4.69) is 36.5 Å². The second kappa shape index (κ2) is 7.03. The first kappa shape index (κ1) is 15.2. The molecule has 21 heavy (non-hydrogen) atoms. The van der Waals surface area contributed by atoms with Crippen molar-refractivity contribution in [1.29, 1.82) is 0 Å². The predicted molar refractivity (Wildman–Crippen MR) is 81.6 cm³/mol. The maximum atomic E-state index is 11.8. The number of nitrogens with zero attached hydrogens (tertiary/aromatic N) is 1. The highest BCUT2D eigenvalue weighted by Crippen LogP contribution is 2.10. The topological polar surface area (TPSA) is 86.9 Å². The Morgan fingerprint density at radius 1 is 1.33 bits per heavy atom. The van der Waals surface area contributed by atoms with Crippen molar-refractivity contribution < 1.29 is 9.59 Å². The molecule has 0 saturated heterocycles. The number of halogens is 1. The Bertz CT molecular complexity index is 610. The van der Waals surface area contributed by atoms with Gasteiger partial charge in [0.25, 0.3) is 5.91 Å². The molecule has 1 heterocycles. The van der Waals surface area contributed by atoms with E-state index in [9.17, 15) is 9.59 Å². The second-order valence-electron chi connectivity index (χ2n) is 4.45. The minimum absolute atomic E-state index is 0.0834. The van der Waals surface area contributed by atoms with Crippen LogP contribution in [0.1, 0.15) is 29.1 Å².